The molecule has 346 valence electrons. The van der Waals surface area contributed by atoms with E-state index < -0.39 is 46.2 Å². The number of pyridine rings is 1. The number of benzene rings is 2. The molecule has 2 saturated heterocycles. The Hall–Kier alpha value is -6.66. The largest absolute Gasteiger partial charge is 0.494 e. The molecule has 0 saturated carbocycles. The first-order valence-electron chi connectivity index (χ1n) is 20.7. The number of carbonyl (C=O) groups excluding carboxylic acids is 4. The van der Waals surface area contributed by atoms with Crippen molar-refractivity contribution in [2.45, 2.75) is 51.2 Å². The molecule has 6 rings (SSSR count). The molecule has 0 spiro atoms. The minimum Gasteiger partial charge on any atom is -0.494 e. The summed E-state index contributed by atoms with van der Waals surface area (Å²) in [5.74, 6) is -0.198. The van der Waals surface area contributed by atoms with Crippen LogP contribution in [0.2, 0.25) is 5.02 Å². The van der Waals surface area contributed by atoms with Crippen molar-refractivity contribution < 1.29 is 41.8 Å². The second-order valence-corrected chi connectivity index (χ2v) is 16.3. The van der Waals surface area contributed by atoms with Gasteiger partial charge in [0, 0.05) is 69.9 Å². The SMILES string of the molecule is CNC(=O)COc1cc2cc(Nc3nc(N4CCC(C(=O)NCCNCCCCN5C(=O)N(c6ccc(C#N)c(C(F)(F)F)c6)C(=O)C5(C)C)CC4)ncc3Cl)cc(OC)c2n(C)c1=O. The minimum absolute atomic E-state index is 0.0111. The zero-order valence-electron chi connectivity index (χ0n) is 36.4. The fraction of sp³-hybridized carbons (Fsp3) is 0.442. The van der Waals surface area contributed by atoms with Crippen LogP contribution in [-0.2, 0) is 27.6 Å². The van der Waals surface area contributed by atoms with Crippen LogP contribution in [0.1, 0.15) is 50.7 Å². The number of aryl methyl sites for hydroxylation is 1. The van der Waals surface area contributed by atoms with Crippen molar-refractivity contribution in [3.63, 3.8) is 0 Å². The Morgan fingerprint density at radius 3 is 2.45 bits per heavy atom. The maximum absolute atomic E-state index is 13.6. The Morgan fingerprint density at radius 1 is 1.03 bits per heavy atom. The summed E-state index contributed by atoms with van der Waals surface area (Å²) in [6.45, 7) is 5.43. The standard InChI is InChI=1S/C43H49ClF3N11O7/c1-42(2)39(62)58(29-9-8-26(22-48)30(21-29)43(45,46)47)41(63)57(42)15-7-6-12-50-13-14-51-37(60)25-10-16-56(17-11-25)40-52-23-31(44)36(54-40)53-28-18-27-19-33(65-24-34(59)49-3)38(61)55(4)35(27)32(20-28)64-5/h8-9,18-21,23,25,50H,6-7,10-17,24H2,1-5H3,(H,49,59)(H,51,60)(H,52,53,54). The van der Waals surface area contributed by atoms with Crippen molar-refractivity contribution in [1.29, 1.82) is 5.26 Å². The smallest absolute Gasteiger partial charge is 0.417 e. The number of hydrogen-bond donors (Lipinski definition) is 4. The Morgan fingerprint density at radius 2 is 1.77 bits per heavy atom. The number of aromatic nitrogens is 3. The number of hydrogen-bond acceptors (Lipinski definition) is 13. The van der Waals surface area contributed by atoms with E-state index in [1.807, 2.05) is 4.90 Å². The van der Waals surface area contributed by atoms with E-state index in [9.17, 15) is 37.1 Å². The molecule has 22 heteroatoms. The van der Waals surface area contributed by atoms with E-state index in [1.54, 1.807) is 19.2 Å². The highest BCUT2D eigenvalue weighted by Crippen LogP contribution is 2.38. The molecule has 2 aliphatic rings. The second-order valence-electron chi connectivity index (χ2n) is 15.9. The van der Waals surface area contributed by atoms with Gasteiger partial charge in [0.1, 0.15) is 16.3 Å². The maximum atomic E-state index is 13.6. The van der Waals surface area contributed by atoms with Gasteiger partial charge in [-0.1, -0.05) is 11.6 Å². The zero-order chi connectivity index (χ0) is 47.2. The highest BCUT2D eigenvalue weighted by molar-refractivity contribution is 6.33. The van der Waals surface area contributed by atoms with Gasteiger partial charge in [-0.25, -0.2) is 14.7 Å². The highest BCUT2D eigenvalue weighted by Gasteiger charge is 2.52. The molecule has 2 fully saturated rings. The van der Waals surface area contributed by atoms with E-state index in [0.717, 1.165) is 17.0 Å². The van der Waals surface area contributed by atoms with E-state index in [-0.39, 0.29) is 41.4 Å². The van der Waals surface area contributed by atoms with E-state index in [2.05, 4.69) is 31.2 Å². The monoisotopic (exact) mass is 923 g/mol. The first-order chi connectivity index (χ1) is 30.9. The van der Waals surface area contributed by atoms with Gasteiger partial charge < -0.3 is 45.1 Å². The van der Waals surface area contributed by atoms with Gasteiger partial charge in [-0.2, -0.15) is 23.4 Å². The normalized spacial score (nSPS) is 15.3. The third kappa shape index (κ3) is 10.5. The number of likely N-dealkylation sites (N-methyl/N-ethyl adjacent to an activating group) is 1. The molecule has 4 aromatic rings. The third-order valence-electron chi connectivity index (χ3n) is 11.3. The van der Waals surface area contributed by atoms with Gasteiger partial charge in [0.05, 0.1) is 41.7 Å². The molecule has 4 N–H and O–H groups in total. The summed E-state index contributed by atoms with van der Waals surface area (Å²) >= 11 is 6.53. The lowest BCUT2D eigenvalue weighted by Gasteiger charge is -2.31. The van der Waals surface area contributed by atoms with Crippen LogP contribution in [0.15, 0.2) is 47.4 Å². The number of nitriles is 1. The van der Waals surface area contributed by atoms with Gasteiger partial charge in [-0.15, -0.1) is 0 Å². The summed E-state index contributed by atoms with van der Waals surface area (Å²) < 4.78 is 53.3. The Labute approximate surface area is 377 Å². The van der Waals surface area contributed by atoms with E-state index >= 15 is 0 Å². The highest BCUT2D eigenvalue weighted by atomic mass is 35.5. The van der Waals surface area contributed by atoms with Crippen LogP contribution in [0.25, 0.3) is 10.9 Å². The molecule has 2 aromatic heterocycles. The van der Waals surface area contributed by atoms with Crippen molar-refractivity contribution in [3.8, 4) is 17.6 Å². The molecule has 0 bridgehead atoms. The van der Waals surface area contributed by atoms with Gasteiger partial charge in [0.2, 0.25) is 11.9 Å². The fourth-order valence-corrected chi connectivity index (χ4v) is 7.83. The lowest BCUT2D eigenvalue weighted by Crippen LogP contribution is -2.44. The number of fused-ring (bicyclic) bond motifs is 1. The minimum atomic E-state index is -4.85. The number of amides is 5. The molecule has 2 aliphatic heterocycles. The molecule has 0 atom stereocenters. The molecule has 65 heavy (non-hydrogen) atoms. The average Bonchev–Trinajstić information content (AvgIpc) is 3.45. The fourth-order valence-electron chi connectivity index (χ4n) is 7.70. The summed E-state index contributed by atoms with van der Waals surface area (Å²) in [4.78, 5) is 77.5. The van der Waals surface area contributed by atoms with Crippen LogP contribution < -0.4 is 46.1 Å². The van der Waals surface area contributed by atoms with Crippen molar-refractivity contribution in [3.05, 3.63) is 69.1 Å². The maximum Gasteiger partial charge on any atom is 0.417 e. The van der Waals surface area contributed by atoms with Crippen molar-refractivity contribution >= 4 is 69.4 Å². The molecule has 5 amide bonds. The number of piperidine rings is 1. The molecule has 0 radical (unpaired) electrons. The molecule has 0 unspecified atom stereocenters. The number of urea groups is 1. The Balaban J connectivity index is 0.945. The van der Waals surface area contributed by atoms with Gasteiger partial charge in [-0.05, 0) is 76.4 Å². The number of ether oxygens (including phenoxy) is 2. The number of imide groups is 1. The Bertz CT molecular complexity index is 2580. The molecular weight excluding hydrogens is 875 g/mol. The van der Waals surface area contributed by atoms with E-state index in [1.165, 1.54) is 55.8 Å². The number of halogens is 4. The number of alkyl halides is 3. The number of nitrogens with one attached hydrogen (secondary N) is 4. The lowest BCUT2D eigenvalue weighted by atomic mass is 9.96. The Kier molecular flexibility index (Phi) is 14.7. The van der Waals surface area contributed by atoms with E-state index in [4.69, 9.17) is 26.3 Å². The van der Waals surface area contributed by atoms with Gasteiger partial charge in [-0.3, -0.25) is 19.2 Å². The second kappa shape index (κ2) is 20.0. The molecule has 18 nitrogen and oxygen atoms in total. The number of anilines is 4. The van der Waals surface area contributed by atoms with Gasteiger partial charge in [0.15, 0.2) is 18.2 Å². The topological polar surface area (TPSA) is 216 Å². The third-order valence-corrected chi connectivity index (χ3v) is 11.6. The number of carbonyl (C=O) groups is 4. The van der Waals surface area contributed by atoms with E-state index in [0.29, 0.717) is 98.6 Å². The molecule has 4 heterocycles. The lowest BCUT2D eigenvalue weighted by molar-refractivity contribution is -0.137. The summed E-state index contributed by atoms with van der Waals surface area (Å²) in [6.07, 6.45) is -1.09. The van der Waals surface area contributed by atoms with Crippen molar-refractivity contribution in [2.24, 2.45) is 13.0 Å². The summed E-state index contributed by atoms with van der Waals surface area (Å²) in [5.41, 5.74) is -2.76. The quantitative estimate of drug-likeness (QED) is 0.0836. The number of nitrogens with zero attached hydrogens (tertiary/aromatic N) is 7. The first-order valence-corrected chi connectivity index (χ1v) is 21.1. The summed E-state index contributed by atoms with van der Waals surface area (Å²) in [6, 6.07) is 8.53. The van der Waals surface area contributed by atoms with Crippen LogP contribution in [-0.4, -0.2) is 109 Å². The molecular formula is C43H49ClF3N11O7. The molecule has 2 aromatic carbocycles. The van der Waals surface area contributed by atoms with Crippen LogP contribution in [0.5, 0.6) is 11.5 Å². The average molecular weight is 924 g/mol. The van der Waals surface area contributed by atoms with Gasteiger partial charge >= 0.3 is 12.2 Å². The number of unbranched alkanes of at least 4 members (excludes halogenated alkanes) is 1. The zero-order valence-corrected chi connectivity index (χ0v) is 37.2. The van der Waals surface area contributed by atoms with Gasteiger partial charge in [0.25, 0.3) is 17.4 Å². The van der Waals surface area contributed by atoms with Crippen molar-refractivity contribution in [1.82, 2.24) is 35.4 Å². The predicted molar refractivity (Wildman–Crippen MR) is 236 cm³/mol. The number of methoxy groups -OCH3 is 1. The van der Waals surface area contributed by atoms with Crippen molar-refractivity contribution in [2.75, 3.05) is 75.1 Å². The van der Waals surface area contributed by atoms with Crippen LogP contribution >= 0.6 is 11.6 Å². The van der Waals surface area contributed by atoms with Crippen LogP contribution in [0.3, 0.4) is 0 Å². The van der Waals surface area contributed by atoms with Crippen LogP contribution in [0.4, 0.5) is 41.1 Å². The van der Waals surface area contributed by atoms with Crippen LogP contribution in [0, 0.1) is 17.2 Å². The predicted octanol–water partition coefficient (Wildman–Crippen LogP) is 4.70. The summed E-state index contributed by atoms with van der Waals surface area (Å²) in [5, 5.41) is 21.9. The number of rotatable bonds is 17. The molecule has 0 aliphatic carbocycles. The first kappa shape index (κ1) is 47.8. The summed E-state index contributed by atoms with van der Waals surface area (Å²) in [7, 11) is 4.53.